The molecule has 0 saturated carbocycles. The van der Waals surface area contributed by atoms with E-state index in [1.54, 1.807) is 19.1 Å². The summed E-state index contributed by atoms with van der Waals surface area (Å²) in [6.45, 7) is 3.86. The van der Waals surface area contributed by atoms with E-state index in [4.69, 9.17) is 5.73 Å². The van der Waals surface area contributed by atoms with Crippen LogP contribution >= 0.6 is 0 Å². The molecule has 0 aliphatic carbocycles. The maximum Gasteiger partial charge on any atom is 0.224 e. The van der Waals surface area contributed by atoms with Crippen molar-refractivity contribution in [2.75, 3.05) is 0 Å². The molecule has 0 saturated heterocycles. The number of nitrogens with two attached hydrogens (primary N) is 1. The molecule has 0 radical (unpaired) electrons. The second-order valence-corrected chi connectivity index (χ2v) is 4.63. The lowest BCUT2D eigenvalue weighted by molar-refractivity contribution is -0.119. The summed E-state index contributed by atoms with van der Waals surface area (Å²) < 4.78 is 0. The van der Waals surface area contributed by atoms with E-state index < -0.39 is 0 Å². The molecule has 18 heavy (non-hydrogen) atoms. The fourth-order valence-electron chi connectivity index (χ4n) is 1.83. The van der Waals surface area contributed by atoms with Crippen molar-refractivity contribution in [3.8, 4) is 0 Å². The molecule has 0 fully saturated rings. The molecule has 0 aromatic heterocycles. The summed E-state index contributed by atoms with van der Waals surface area (Å²) in [6.07, 6.45) is 3.67. The number of amides is 1. The van der Waals surface area contributed by atoms with Gasteiger partial charge in [0.15, 0.2) is 5.78 Å². The zero-order valence-electron chi connectivity index (χ0n) is 11.1. The first kappa shape index (κ1) is 14.4. The Labute approximate surface area is 108 Å². The van der Waals surface area contributed by atoms with Gasteiger partial charge in [-0.05, 0) is 25.0 Å². The molecule has 3 nitrogen and oxygen atoms in total. The van der Waals surface area contributed by atoms with Crippen molar-refractivity contribution >= 4 is 11.7 Å². The second kappa shape index (κ2) is 6.94. The molecule has 98 valence electrons. The number of benzene rings is 1. The zero-order valence-corrected chi connectivity index (χ0v) is 11.1. The number of rotatable bonds is 7. The summed E-state index contributed by atoms with van der Waals surface area (Å²) in [5.74, 6) is -0.582. The lowest BCUT2D eigenvalue weighted by atomic mass is 9.96. The molecule has 1 unspecified atom stereocenters. The lowest BCUT2D eigenvalue weighted by Crippen LogP contribution is -2.19. The Bertz CT molecular complexity index is 426. The van der Waals surface area contributed by atoms with E-state index in [0.29, 0.717) is 12.0 Å². The lowest BCUT2D eigenvalue weighted by Gasteiger charge is -2.09. The van der Waals surface area contributed by atoms with Crippen molar-refractivity contribution in [3.05, 3.63) is 35.4 Å². The van der Waals surface area contributed by atoms with Gasteiger partial charge in [-0.15, -0.1) is 0 Å². The van der Waals surface area contributed by atoms with Crippen molar-refractivity contribution in [1.82, 2.24) is 0 Å². The Kier molecular flexibility index (Phi) is 5.56. The van der Waals surface area contributed by atoms with Crippen LogP contribution in [0.15, 0.2) is 24.3 Å². The fourth-order valence-corrected chi connectivity index (χ4v) is 1.83. The van der Waals surface area contributed by atoms with E-state index in [1.165, 1.54) is 0 Å². The van der Waals surface area contributed by atoms with Gasteiger partial charge in [-0.2, -0.15) is 0 Å². The molecule has 1 atom stereocenters. The minimum absolute atomic E-state index is 0.141. The maximum absolute atomic E-state index is 11.9. The topological polar surface area (TPSA) is 60.2 Å². The normalized spacial score (nSPS) is 12.1. The van der Waals surface area contributed by atoms with Gasteiger partial charge in [0.25, 0.3) is 0 Å². The Morgan fingerprint density at radius 2 is 2.00 bits per heavy atom. The summed E-state index contributed by atoms with van der Waals surface area (Å²) >= 11 is 0. The van der Waals surface area contributed by atoms with Crippen molar-refractivity contribution in [1.29, 1.82) is 0 Å². The van der Waals surface area contributed by atoms with Crippen LogP contribution in [0.3, 0.4) is 0 Å². The molecule has 0 aliphatic rings. The fraction of sp³-hybridized carbons (Fsp3) is 0.467. The molecule has 0 aliphatic heterocycles. The van der Waals surface area contributed by atoms with Crippen LogP contribution < -0.4 is 5.73 Å². The van der Waals surface area contributed by atoms with Crippen LogP contribution in [0.1, 0.15) is 61.4 Å². The molecular formula is C15H21NO2. The van der Waals surface area contributed by atoms with E-state index in [0.717, 1.165) is 24.8 Å². The van der Waals surface area contributed by atoms with Gasteiger partial charge < -0.3 is 5.73 Å². The maximum atomic E-state index is 11.9. The van der Waals surface area contributed by atoms with Crippen LogP contribution in [-0.2, 0) is 4.79 Å². The molecule has 1 aromatic carbocycles. The van der Waals surface area contributed by atoms with Crippen molar-refractivity contribution in [2.24, 2.45) is 5.73 Å². The van der Waals surface area contributed by atoms with E-state index in [1.807, 2.05) is 12.1 Å². The highest BCUT2D eigenvalue weighted by Crippen LogP contribution is 2.17. The third-order valence-corrected chi connectivity index (χ3v) is 3.14. The third-order valence-electron chi connectivity index (χ3n) is 3.14. The highest BCUT2D eigenvalue weighted by molar-refractivity contribution is 5.96. The smallest absolute Gasteiger partial charge is 0.224 e. The first-order valence-electron chi connectivity index (χ1n) is 6.48. The quantitative estimate of drug-likeness (QED) is 0.594. The average molecular weight is 247 g/mol. The average Bonchev–Trinajstić information content (AvgIpc) is 2.38. The van der Waals surface area contributed by atoms with Gasteiger partial charge in [0.1, 0.15) is 0 Å². The first-order valence-corrected chi connectivity index (χ1v) is 6.48. The summed E-state index contributed by atoms with van der Waals surface area (Å²) in [5.41, 5.74) is 6.76. The van der Waals surface area contributed by atoms with Crippen molar-refractivity contribution in [3.63, 3.8) is 0 Å². The van der Waals surface area contributed by atoms with Gasteiger partial charge in [-0.25, -0.2) is 0 Å². The van der Waals surface area contributed by atoms with Gasteiger partial charge in [0.05, 0.1) is 5.92 Å². The molecule has 3 heteroatoms. The van der Waals surface area contributed by atoms with Crippen LogP contribution in [0.5, 0.6) is 0 Å². The standard InChI is InChI=1S/C15H21NO2/c1-3-4-5-9-14(17)13-8-6-7-12(10-13)11(2)15(16)18/h6-8,10-11H,3-5,9H2,1-2H3,(H2,16,18). The molecule has 0 bridgehead atoms. The van der Waals surface area contributed by atoms with Gasteiger partial charge in [-0.3, -0.25) is 9.59 Å². The molecule has 1 amide bonds. The minimum Gasteiger partial charge on any atom is -0.369 e. The first-order chi connectivity index (χ1) is 8.56. The summed E-state index contributed by atoms with van der Waals surface area (Å²) in [7, 11) is 0. The Hall–Kier alpha value is -1.64. The van der Waals surface area contributed by atoms with Crippen molar-refractivity contribution < 1.29 is 9.59 Å². The third kappa shape index (κ3) is 3.99. The summed E-state index contributed by atoms with van der Waals surface area (Å²) in [5, 5.41) is 0. The highest BCUT2D eigenvalue weighted by atomic mass is 16.1. The monoisotopic (exact) mass is 247 g/mol. The number of hydrogen-bond donors (Lipinski definition) is 1. The SMILES string of the molecule is CCCCCC(=O)c1cccc(C(C)C(N)=O)c1. The van der Waals surface area contributed by atoms with E-state index >= 15 is 0 Å². The number of carbonyl (C=O) groups excluding carboxylic acids is 2. The number of Topliss-reactive ketones (excluding diaryl/α,β-unsaturated/α-hetero) is 1. The van der Waals surface area contributed by atoms with E-state index in [9.17, 15) is 9.59 Å². The molecule has 0 heterocycles. The minimum atomic E-state index is -0.370. The number of primary amides is 1. The van der Waals surface area contributed by atoms with Crippen LogP contribution in [0.4, 0.5) is 0 Å². The molecular weight excluding hydrogens is 226 g/mol. The number of carbonyl (C=O) groups is 2. The summed E-state index contributed by atoms with van der Waals surface area (Å²) in [6, 6.07) is 7.22. The molecule has 1 aromatic rings. The van der Waals surface area contributed by atoms with E-state index in [-0.39, 0.29) is 17.6 Å². The predicted octanol–water partition coefficient (Wildman–Crippen LogP) is 3.04. The van der Waals surface area contributed by atoms with Crippen LogP contribution in [0.25, 0.3) is 0 Å². The van der Waals surface area contributed by atoms with Crippen LogP contribution in [0, 0.1) is 0 Å². The Morgan fingerprint density at radius 1 is 1.28 bits per heavy atom. The van der Waals surface area contributed by atoms with Crippen molar-refractivity contribution in [2.45, 2.75) is 45.4 Å². The van der Waals surface area contributed by atoms with Gasteiger partial charge >= 0.3 is 0 Å². The number of unbranched alkanes of at least 4 members (excludes halogenated alkanes) is 2. The largest absolute Gasteiger partial charge is 0.369 e. The molecule has 1 rings (SSSR count). The number of hydrogen-bond acceptors (Lipinski definition) is 2. The Morgan fingerprint density at radius 3 is 2.61 bits per heavy atom. The number of ketones is 1. The zero-order chi connectivity index (χ0) is 13.5. The molecule has 0 spiro atoms. The van der Waals surface area contributed by atoms with Crippen LogP contribution in [-0.4, -0.2) is 11.7 Å². The van der Waals surface area contributed by atoms with Gasteiger partial charge in [0, 0.05) is 12.0 Å². The van der Waals surface area contributed by atoms with E-state index in [2.05, 4.69) is 6.92 Å². The highest BCUT2D eigenvalue weighted by Gasteiger charge is 2.13. The predicted molar refractivity (Wildman–Crippen MR) is 72.5 cm³/mol. The molecule has 2 N–H and O–H groups in total. The van der Waals surface area contributed by atoms with Gasteiger partial charge in [0.2, 0.25) is 5.91 Å². The Balaban J connectivity index is 2.75. The van der Waals surface area contributed by atoms with Gasteiger partial charge in [-0.1, -0.05) is 38.0 Å². The summed E-state index contributed by atoms with van der Waals surface area (Å²) in [4.78, 5) is 23.1. The van der Waals surface area contributed by atoms with Crippen LogP contribution in [0.2, 0.25) is 0 Å². The second-order valence-electron chi connectivity index (χ2n) is 4.63.